The molecule has 0 spiro atoms. The second kappa shape index (κ2) is 8.84. The molecule has 2 saturated heterocycles. The van der Waals surface area contributed by atoms with Crippen molar-refractivity contribution in [2.75, 3.05) is 38.2 Å². The van der Waals surface area contributed by atoms with E-state index in [2.05, 4.69) is 5.32 Å². The first kappa shape index (κ1) is 21.0. The first-order valence-electron chi connectivity index (χ1n) is 9.80. The summed E-state index contributed by atoms with van der Waals surface area (Å²) < 4.78 is 32.3. The number of rotatable bonds is 5. The molecule has 8 nitrogen and oxygen atoms in total. The summed E-state index contributed by atoms with van der Waals surface area (Å²) in [7, 11) is -3.65. The fourth-order valence-corrected chi connectivity index (χ4v) is 5.85. The predicted octanol–water partition coefficient (Wildman–Crippen LogP) is 2.01. The van der Waals surface area contributed by atoms with Crippen LogP contribution in [0.4, 0.5) is 5.69 Å². The third-order valence-electron chi connectivity index (χ3n) is 5.26. The van der Waals surface area contributed by atoms with Crippen molar-refractivity contribution in [2.45, 2.75) is 23.8 Å². The molecular formula is C20H23N3O5S2. The lowest BCUT2D eigenvalue weighted by Crippen LogP contribution is -2.43. The smallest absolute Gasteiger partial charge is 0.264 e. The highest BCUT2D eigenvalue weighted by atomic mass is 32.2. The number of nitrogens with one attached hydrogen (secondary N) is 1. The van der Waals surface area contributed by atoms with Crippen LogP contribution in [0.2, 0.25) is 0 Å². The summed E-state index contributed by atoms with van der Waals surface area (Å²) in [6.07, 6.45) is 1.33. The highest BCUT2D eigenvalue weighted by Gasteiger charge is 2.35. The van der Waals surface area contributed by atoms with Gasteiger partial charge in [0.2, 0.25) is 15.9 Å². The second-order valence-electron chi connectivity index (χ2n) is 7.17. The molecular weight excluding hydrogens is 426 g/mol. The van der Waals surface area contributed by atoms with Crippen LogP contribution < -0.4 is 5.32 Å². The SMILES string of the molecule is O=C(Nc1cccc(S(=O)(=O)N2CCOCC2)c1)C1CCCN1C(=O)c1cccs1. The number of carbonyl (C=O) groups is 2. The summed E-state index contributed by atoms with van der Waals surface area (Å²) >= 11 is 1.35. The van der Waals surface area contributed by atoms with Crippen molar-refractivity contribution in [1.82, 2.24) is 9.21 Å². The Morgan fingerprint density at radius 2 is 1.90 bits per heavy atom. The number of ether oxygens (including phenoxy) is 1. The molecule has 160 valence electrons. The summed E-state index contributed by atoms with van der Waals surface area (Å²) in [5.74, 6) is -0.454. The average Bonchev–Trinajstić information content (AvgIpc) is 3.46. The van der Waals surface area contributed by atoms with Gasteiger partial charge in [0.05, 0.1) is 23.0 Å². The molecule has 1 aromatic heterocycles. The number of hydrogen-bond acceptors (Lipinski definition) is 6. The summed E-state index contributed by atoms with van der Waals surface area (Å²) in [6.45, 7) is 1.87. The van der Waals surface area contributed by atoms with Gasteiger partial charge in [-0.3, -0.25) is 9.59 Å². The number of thiophene rings is 1. The zero-order chi connectivity index (χ0) is 21.1. The van der Waals surface area contributed by atoms with E-state index in [1.165, 1.54) is 27.8 Å². The molecule has 4 rings (SSSR count). The Morgan fingerprint density at radius 1 is 1.10 bits per heavy atom. The van der Waals surface area contributed by atoms with Gasteiger partial charge in [0, 0.05) is 25.3 Å². The summed E-state index contributed by atoms with van der Waals surface area (Å²) in [4.78, 5) is 27.9. The standard InChI is InChI=1S/C20H23N3O5S2/c24-19(17-6-2-8-23(17)20(25)18-7-3-13-29-18)21-15-4-1-5-16(14-15)30(26,27)22-9-11-28-12-10-22/h1,3-5,7,13-14,17H,2,6,8-12H2,(H,21,24). The van der Waals surface area contributed by atoms with Gasteiger partial charge in [-0.25, -0.2) is 8.42 Å². The van der Waals surface area contributed by atoms with E-state index in [9.17, 15) is 18.0 Å². The molecule has 2 fully saturated rings. The van der Waals surface area contributed by atoms with Gasteiger partial charge < -0.3 is 15.0 Å². The number of amides is 2. The lowest BCUT2D eigenvalue weighted by Gasteiger charge is -2.26. The molecule has 2 aliphatic rings. The Hall–Kier alpha value is -2.27. The molecule has 2 aromatic rings. The lowest BCUT2D eigenvalue weighted by atomic mass is 10.2. The van der Waals surface area contributed by atoms with Gasteiger partial charge in [-0.15, -0.1) is 11.3 Å². The molecule has 10 heteroatoms. The number of hydrogen-bond donors (Lipinski definition) is 1. The maximum atomic E-state index is 12.9. The van der Waals surface area contributed by atoms with Gasteiger partial charge in [0.15, 0.2) is 0 Å². The van der Waals surface area contributed by atoms with Crippen molar-refractivity contribution in [3.63, 3.8) is 0 Å². The Morgan fingerprint density at radius 3 is 2.63 bits per heavy atom. The van der Waals surface area contributed by atoms with Crippen molar-refractivity contribution in [3.8, 4) is 0 Å². The van der Waals surface area contributed by atoms with E-state index in [1.807, 2.05) is 11.4 Å². The maximum Gasteiger partial charge on any atom is 0.264 e. The number of nitrogens with zero attached hydrogens (tertiary/aromatic N) is 2. The number of sulfonamides is 1. The molecule has 2 amide bonds. The van der Waals surface area contributed by atoms with Gasteiger partial charge >= 0.3 is 0 Å². The first-order valence-corrected chi connectivity index (χ1v) is 12.1. The minimum Gasteiger partial charge on any atom is -0.379 e. The molecule has 0 bridgehead atoms. The van der Waals surface area contributed by atoms with E-state index in [0.717, 1.165) is 6.42 Å². The van der Waals surface area contributed by atoms with E-state index in [4.69, 9.17) is 4.74 Å². The third kappa shape index (κ3) is 4.27. The van der Waals surface area contributed by atoms with Crippen molar-refractivity contribution >= 4 is 38.9 Å². The molecule has 2 aliphatic heterocycles. The Balaban J connectivity index is 1.48. The number of morpholine rings is 1. The summed E-state index contributed by atoms with van der Waals surface area (Å²) in [6, 6.07) is 9.22. The van der Waals surface area contributed by atoms with Crippen LogP contribution in [0, 0.1) is 0 Å². The predicted molar refractivity (Wildman–Crippen MR) is 113 cm³/mol. The van der Waals surface area contributed by atoms with Crippen molar-refractivity contribution in [3.05, 3.63) is 46.7 Å². The number of benzene rings is 1. The van der Waals surface area contributed by atoms with Crippen LogP contribution >= 0.6 is 11.3 Å². The molecule has 1 N–H and O–H groups in total. The van der Waals surface area contributed by atoms with Crippen LogP contribution in [-0.4, -0.2) is 68.3 Å². The van der Waals surface area contributed by atoms with Crippen LogP contribution in [0.5, 0.6) is 0 Å². The number of carbonyl (C=O) groups excluding carboxylic acids is 2. The Kier molecular flexibility index (Phi) is 6.19. The number of anilines is 1. The molecule has 1 unspecified atom stereocenters. The van der Waals surface area contributed by atoms with E-state index < -0.39 is 16.1 Å². The molecule has 0 radical (unpaired) electrons. The van der Waals surface area contributed by atoms with Gasteiger partial charge in [-0.2, -0.15) is 4.31 Å². The monoisotopic (exact) mass is 449 g/mol. The minimum absolute atomic E-state index is 0.125. The largest absolute Gasteiger partial charge is 0.379 e. The first-order chi connectivity index (χ1) is 14.5. The second-order valence-corrected chi connectivity index (χ2v) is 10.1. The van der Waals surface area contributed by atoms with Crippen molar-refractivity contribution in [2.24, 2.45) is 0 Å². The van der Waals surface area contributed by atoms with Crippen molar-refractivity contribution in [1.29, 1.82) is 0 Å². The van der Waals surface area contributed by atoms with E-state index >= 15 is 0 Å². The zero-order valence-corrected chi connectivity index (χ0v) is 18.0. The van der Waals surface area contributed by atoms with Crippen LogP contribution in [0.3, 0.4) is 0 Å². The van der Waals surface area contributed by atoms with Gasteiger partial charge in [0.25, 0.3) is 5.91 Å². The minimum atomic E-state index is -3.65. The van der Waals surface area contributed by atoms with Crippen LogP contribution in [-0.2, 0) is 19.6 Å². The van der Waals surface area contributed by atoms with Gasteiger partial charge in [0.1, 0.15) is 6.04 Å². The summed E-state index contributed by atoms with van der Waals surface area (Å²) in [5, 5.41) is 4.62. The van der Waals surface area contributed by atoms with Gasteiger partial charge in [-0.05, 0) is 42.5 Å². The lowest BCUT2D eigenvalue weighted by molar-refractivity contribution is -0.119. The van der Waals surface area contributed by atoms with E-state index in [-0.39, 0.29) is 16.7 Å². The van der Waals surface area contributed by atoms with Crippen LogP contribution in [0.1, 0.15) is 22.5 Å². The maximum absolute atomic E-state index is 12.9. The molecule has 1 aromatic carbocycles. The Bertz CT molecular complexity index is 1020. The third-order valence-corrected chi connectivity index (χ3v) is 8.01. The highest BCUT2D eigenvalue weighted by molar-refractivity contribution is 7.89. The van der Waals surface area contributed by atoms with E-state index in [0.29, 0.717) is 49.8 Å². The van der Waals surface area contributed by atoms with E-state index in [1.54, 1.807) is 23.1 Å². The average molecular weight is 450 g/mol. The molecule has 3 heterocycles. The quantitative estimate of drug-likeness (QED) is 0.753. The molecule has 30 heavy (non-hydrogen) atoms. The summed E-state index contributed by atoms with van der Waals surface area (Å²) in [5.41, 5.74) is 0.393. The fourth-order valence-electron chi connectivity index (χ4n) is 3.72. The topological polar surface area (TPSA) is 96.0 Å². The molecule has 0 aliphatic carbocycles. The van der Waals surface area contributed by atoms with Gasteiger partial charge in [-0.1, -0.05) is 12.1 Å². The molecule has 1 atom stereocenters. The number of likely N-dealkylation sites (tertiary alicyclic amines) is 1. The van der Waals surface area contributed by atoms with Crippen molar-refractivity contribution < 1.29 is 22.7 Å². The highest BCUT2D eigenvalue weighted by Crippen LogP contribution is 2.25. The Labute approximate surface area is 179 Å². The normalized spacial score (nSPS) is 20.3. The fraction of sp³-hybridized carbons (Fsp3) is 0.400. The molecule has 0 saturated carbocycles. The zero-order valence-electron chi connectivity index (χ0n) is 16.3. The van der Waals surface area contributed by atoms with Crippen LogP contribution in [0.25, 0.3) is 0 Å². The van der Waals surface area contributed by atoms with Crippen LogP contribution in [0.15, 0.2) is 46.7 Å².